The molecule has 0 unspecified atom stereocenters. The van der Waals surface area contributed by atoms with Gasteiger partial charge in [-0.1, -0.05) is 31.6 Å². The molecule has 138 valence electrons. The molecule has 6 nitrogen and oxygen atoms in total. The average molecular weight is 364 g/mol. The molecule has 0 fully saturated rings. The Kier molecular flexibility index (Phi) is 5.35. The summed E-state index contributed by atoms with van der Waals surface area (Å²) in [6.07, 6.45) is 6.38. The lowest BCUT2D eigenvalue weighted by Crippen LogP contribution is -2.22. The standard InChI is InChI=1S/C21H20N2O4/c1-3-4-17-18(11-7-14-5-9-16(27-2)10-6-14)22-19-12-8-15(21(25)26)13-23(19)20(17)24/h5-13H,3-4H2,1-2H3,(H,25,26)/b11-7+. The highest BCUT2D eigenvalue weighted by molar-refractivity contribution is 5.87. The number of ether oxygens (including phenoxy) is 1. The smallest absolute Gasteiger partial charge is 0.337 e. The van der Waals surface area contributed by atoms with Crippen LogP contribution >= 0.6 is 0 Å². The van der Waals surface area contributed by atoms with Gasteiger partial charge in [-0.25, -0.2) is 9.78 Å². The van der Waals surface area contributed by atoms with Crippen molar-refractivity contribution in [2.24, 2.45) is 0 Å². The molecule has 0 saturated heterocycles. The van der Waals surface area contributed by atoms with Crippen LogP contribution in [0.1, 0.15) is 40.5 Å². The molecule has 2 heterocycles. The van der Waals surface area contributed by atoms with Crippen LogP contribution in [0.15, 0.2) is 47.4 Å². The molecular weight excluding hydrogens is 344 g/mol. The largest absolute Gasteiger partial charge is 0.497 e. The van der Waals surface area contributed by atoms with E-state index in [-0.39, 0.29) is 11.1 Å². The van der Waals surface area contributed by atoms with E-state index in [1.165, 1.54) is 16.7 Å². The zero-order chi connectivity index (χ0) is 19.4. The number of pyridine rings is 1. The van der Waals surface area contributed by atoms with Crippen LogP contribution in [0.5, 0.6) is 5.75 Å². The van der Waals surface area contributed by atoms with Gasteiger partial charge in [0, 0.05) is 11.8 Å². The Balaban J connectivity index is 2.09. The lowest BCUT2D eigenvalue weighted by molar-refractivity contribution is 0.0696. The molecule has 0 amide bonds. The van der Waals surface area contributed by atoms with Gasteiger partial charge in [0.05, 0.1) is 18.4 Å². The zero-order valence-corrected chi connectivity index (χ0v) is 15.2. The van der Waals surface area contributed by atoms with Crippen LogP contribution in [0.4, 0.5) is 0 Å². The Morgan fingerprint density at radius 1 is 1.19 bits per heavy atom. The SMILES string of the molecule is CCCc1c(/C=C/c2ccc(OC)cc2)nc2ccc(C(=O)O)cn2c1=O. The molecule has 3 aromatic rings. The molecule has 0 aliphatic rings. The molecule has 1 N–H and O–H groups in total. The summed E-state index contributed by atoms with van der Waals surface area (Å²) in [5.41, 5.74) is 2.36. The van der Waals surface area contributed by atoms with Crippen molar-refractivity contribution >= 4 is 23.8 Å². The van der Waals surface area contributed by atoms with Crippen molar-refractivity contribution in [2.75, 3.05) is 7.11 Å². The fourth-order valence-electron chi connectivity index (χ4n) is 2.83. The van der Waals surface area contributed by atoms with E-state index < -0.39 is 5.97 Å². The Labute approximate surface area is 156 Å². The van der Waals surface area contributed by atoms with E-state index in [1.54, 1.807) is 13.2 Å². The third kappa shape index (κ3) is 3.89. The summed E-state index contributed by atoms with van der Waals surface area (Å²) >= 11 is 0. The first-order chi connectivity index (χ1) is 13.0. The molecule has 0 aliphatic carbocycles. The van der Waals surface area contributed by atoms with Gasteiger partial charge in [-0.05, 0) is 42.3 Å². The second-order valence-electron chi connectivity index (χ2n) is 6.09. The second-order valence-corrected chi connectivity index (χ2v) is 6.09. The van der Waals surface area contributed by atoms with Gasteiger partial charge in [-0.3, -0.25) is 9.20 Å². The Morgan fingerprint density at radius 3 is 2.56 bits per heavy atom. The van der Waals surface area contributed by atoms with E-state index in [0.29, 0.717) is 23.3 Å². The molecule has 0 spiro atoms. The van der Waals surface area contributed by atoms with Gasteiger partial charge in [0.15, 0.2) is 0 Å². The molecule has 3 rings (SSSR count). The number of fused-ring (bicyclic) bond motifs is 1. The summed E-state index contributed by atoms with van der Waals surface area (Å²) < 4.78 is 6.46. The Morgan fingerprint density at radius 2 is 1.93 bits per heavy atom. The highest BCUT2D eigenvalue weighted by Gasteiger charge is 2.12. The fourth-order valence-corrected chi connectivity index (χ4v) is 2.83. The minimum Gasteiger partial charge on any atom is -0.497 e. The number of aromatic nitrogens is 2. The summed E-state index contributed by atoms with van der Waals surface area (Å²) in [5, 5.41) is 9.15. The summed E-state index contributed by atoms with van der Waals surface area (Å²) in [5.74, 6) is -0.306. The zero-order valence-electron chi connectivity index (χ0n) is 15.2. The predicted octanol–water partition coefficient (Wildman–Crippen LogP) is 3.52. The minimum atomic E-state index is -1.08. The van der Waals surface area contributed by atoms with E-state index >= 15 is 0 Å². The van der Waals surface area contributed by atoms with Crippen molar-refractivity contribution in [1.82, 2.24) is 9.38 Å². The molecule has 0 bridgehead atoms. The van der Waals surface area contributed by atoms with Crippen LogP contribution in [0.3, 0.4) is 0 Å². The topological polar surface area (TPSA) is 80.9 Å². The lowest BCUT2D eigenvalue weighted by Gasteiger charge is -2.08. The summed E-state index contributed by atoms with van der Waals surface area (Å²) in [6, 6.07) is 10.6. The van der Waals surface area contributed by atoms with E-state index in [4.69, 9.17) is 9.84 Å². The molecule has 2 aromatic heterocycles. The van der Waals surface area contributed by atoms with Crippen LogP contribution in [-0.2, 0) is 6.42 Å². The Hall–Kier alpha value is -3.41. The maximum atomic E-state index is 12.9. The molecule has 27 heavy (non-hydrogen) atoms. The summed E-state index contributed by atoms with van der Waals surface area (Å²) in [7, 11) is 1.62. The monoisotopic (exact) mass is 364 g/mol. The molecule has 0 radical (unpaired) electrons. The fraction of sp³-hybridized carbons (Fsp3) is 0.190. The second kappa shape index (κ2) is 7.86. The first-order valence-electron chi connectivity index (χ1n) is 8.64. The number of nitrogens with zero attached hydrogens (tertiary/aromatic N) is 2. The van der Waals surface area contributed by atoms with Crippen LogP contribution < -0.4 is 10.3 Å². The van der Waals surface area contributed by atoms with E-state index in [0.717, 1.165) is 17.7 Å². The van der Waals surface area contributed by atoms with Gasteiger partial charge in [0.2, 0.25) is 0 Å². The van der Waals surface area contributed by atoms with Gasteiger partial charge in [0.1, 0.15) is 11.4 Å². The molecular formula is C21H20N2O4. The Bertz CT molecular complexity index is 1070. The van der Waals surface area contributed by atoms with E-state index in [9.17, 15) is 9.59 Å². The van der Waals surface area contributed by atoms with Gasteiger partial charge in [0.25, 0.3) is 5.56 Å². The number of rotatable bonds is 6. The number of benzene rings is 1. The number of carboxylic acid groups (broad SMARTS) is 1. The van der Waals surface area contributed by atoms with E-state index in [1.807, 2.05) is 43.3 Å². The van der Waals surface area contributed by atoms with Crippen LogP contribution in [-0.4, -0.2) is 27.6 Å². The number of hydrogen-bond acceptors (Lipinski definition) is 4. The summed E-state index contributed by atoms with van der Waals surface area (Å²) in [4.78, 5) is 28.6. The first-order valence-corrected chi connectivity index (χ1v) is 8.64. The van der Waals surface area contributed by atoms with Crippen LogP contribution in [0.25, 0.3) is 17.8 Å². The number of hydrogen-bond donors (Lipinski definition) is 1. The van der Waals surface area contributed by atoms with Crippen molar-refractivity contribution in [3.63, 3.8) is 0 Å². The molecule has 6 heteroatoms. The highest BCUT2D eigenvalue weighted by atomic mass is 16.5. The molecule has 0 atom stereocenters. The van der Waals surface area contributed by atoms with Crippen molar-refractivity contribution in [3.05, 3.63) is 75.3 Å². The van der Waals surface area contributed by atoms with Gasteiger partial charge >= 0.3 is 5.97 Å². The van der Waals surface area contributed by atoms with Crippen LogP contribution in [0.2, 0.25) is 0 Å². The van der Waals surface area contributed by atoms with Gasteiger partial charge in [-0.2, -0.15) is 0 Å². The minimum absolute atomic E-state index is 0.0513. The molecule has 0 saturated carbocycles. The van der Waals surface area contributed by atoms with Crippen molar-refractivity contribution in [1.29, 1.82) is 0 Å². The van der Waals surface area contributed by atoms with Gasteiger partial charge in [-0.15, -0.1) is 0 Å². The van der Waals surface area contributed by atoms with Crippen LogP contribution in [0, 0.1) is 0 Å². The number of aromatic carboxylic acids is 1. The van der Waals surface area contributed by atoms with Crippen molar-refractivity contribution in [2.45, 2.75) is 19.8 Å². The lowest BCUT2D eigenvalue weighted by atomic mass is 10.1. The number of methoxy groups -OCH3 is 1. The van der Waals surface area contributed by atoms with Crippen molar-refractivity contribution in [3.8, 4) is 5.75 Å². The first kappa shape index (κ1) is 18.4. The van der Waals surface area contributed by atoms with Gasteiger partial charge < -0.3 is 9.84 Å². The quantitative estimate of drug-likeness (QED) is 0.724. The molecule has 0 aliphatic heterocycles. The average Bonchev–Trinajstić information content (AvgIpc) is 2.69. The number of carboxylic acids is 1. The summed E-state index contributed by atoms with van der Waals surface area (Å²) in [6.45, 7) is 1.99. The van der Waals surface area contributed by atoms with Crippen molar-refractivity contribution < 1.29 is 14.6 Å². The molecule has 1 aromatic carbocycles. The third-order valence-electron chi connectivity index (χ3n) is 4.24. The maximum Gasteiger partial charge on any atom is 0.337 e. The maximum absolute atomic E-state index is 12.9. The number of carbonyl (C=O) groups is 1. The van der Waals surface area contributed by atoms with E-state index in [2.05, 4.69) is 4.98 Å². The predicted molar refractivity (Wildman–Crippen MR) is 104 cm³/mol. The highest BCUT2D eigenvalue weighted by Crippen LogP contribution is 2.15. The normalized spacial score (nSPS) is 11.2. The third-order valence-corrected chi connectivity index (χ3v) is 4.24.